The predicted octanol–water partition coefficient (Wildman–Crippen LogP) is 5.36. The van der Waals surface area contributed by atoms with Crippen molar-refractivity contribution in [1.29, 1.82) is 0 Å². The fourth-order valence-electron chi connectivity index (χ4n) is 2.60. The summed E-state index contributed by atoms with van der Waals surface area (Å²) in [6, 6.07) is 16.2. The highest BCUT2D eigenvalue weighted by Gasteiger charge is 2.28. The highest BCUT2D eigenvalue weighted by atomic mass is 16.5. The molecule has 2 aromatic carbocycles. The Morgan fingerprint density at radius 2 is 1.39 bits per heavy atom. The molecule has 23 heavy (non-hydrogen) atoms. The zero-order valence-electron chi connectivity index (χ0n) is 13.9. The zero-order valence-corrected chi connectivity index (χ0v) is 13.9. The molecule has 1 unspecified atom stereocenters. The first-order valence-corrected chi connectivity index (χ1v) is 7.91. The SMILES string of the molecule is Cc1ccc(OC2=CC=CC(C)(Oc3ccc(C)cc3)C2)cc1. The van der Waals surface area contributed by atoms with E-state index in [0.29, 0.717) is 6.42 Å². The van der Waals surface area contributed by atoms with Crippen LogP contribution in [0.1, 0.15) is 24.5 Å². The van der Waals surface area contributed by atoms with Crippen LogP contribution in [0.2, 0.25) is 0 Å². The maximum atomic E-state index is 6.18. The molecule has 0 bridgehead atoms. The molecule has 0 aliphatic heterocycles. The number of allylic oxidation sites excluding steroid dienone is 2. The molecule has 2 nitrogen and oxygen atoms in total. The van der Waals surface area contributed by atoms with Crippen molar-refractivity contribution in [3.05, 3.63) is 83.6 Å². The van der Waals surface area contributed by atoms with Gasteiger partial charge in [0.1, 0.15) is 22.9 Å². The van der Waals surface area contributed by atoms with Crippen molar-refractivity contribution in [3.8, 4) is 11.5 Å². The Labute approximate surface area is 138 Å². The molecule has 1 atom stereocenters. The first-order chi connectivity index (χ1) is 11.0. The fourth-order valence-corrected chi connectivity index (χ4v) is 2.60. The Balaban J connectivity index is 1.69. The lowest BCUT2D eigenvalue weighted by atomic mass is 9.96. The summed E-state index contributed by atoms with van der Waals surface area (Å²) >= 11 is 0. The number of benzene rings is 2. The van der Waals surface area contributed by atoms with Gasteiger partial charge in [-0.25, -0.2) is 0 Å². The van der Waals surface area contributed by atoms with E-state index in [0.717, 1.165) is 17.3 Å². The Morgan fingerprint density at radius 1 is 0.826 bits per heavy atom. The molecule has 0 fully saturated rings. The van der Waals surface area contributed by atoms with E-state index in [2.05, 4.69) is 51.1 Å². The van der Waals surface area contributed by atoms with E-state index in [9.17, 15) is 0 Å². The predicted molar refractivity (Wildman–Crippen MR) is 93.9 cm³/mol. The van der Waals surface area contributed by atoms with E-state index in [4.69, 9.17) is 9.47 Å². The van der Waals surface area contributed by atoms with Crippen LogP contribution in [0.3, 0.4) is 0 Å². The van der Waals surface area contributed by atoms with E-state index < -0.39 is 5.60 Å². The van der Waals surface area contributed by atoms with Gasteiger partial charge in [0.15, 0.2) is 0 Å². The summed E-state index contributed by atoms with van der Waals surface area (Å²) in [6.07, 6.45) is 6.78. The molecule has 3 rings (SSSR count). The molecular formula is C21H22O2. The summed E-state index contributed by atoms with van der Waals surface area (Å²) in [4.78, 5) is 0. The summed E-state index contributed by atoms with van der Waals surface area (Å²) in [7, 11) is 0. The summed E-state index contributed by atoms with van der Waals surface area (Å²) in [5, 5.41) is 0. The maximum absolute atomic E-state index is 6.18. The molecule has 1 aliphatic rings. The molecule has 0 saturated heterocycles. The van der Waals surface area contributed by atoms with E-state index in [-0.39, 0.29) is 0 Å². The normalized spacial score (nSPS) is 20.0. The molecule has 2 heteroatoms. The standard InChI is InChI=1S/C21H22O2/c1-16-6-10-18(11-7-16)22-20-5-4-14-21(3,15-20)23-19-12-8-17(2)9-13-19/h4-14H,15H2,1-3H3. The van der Waals surface area contributed by atoms with Crippen LogP contribution >= 0.6 is 0 Å². The lowest BCUT2D eigenvalue weighted by Crippen LogP contribution is -2.32. The van der Waals surface area contributed by atoms with Crippen LogP contribution in [-0.4, -0.2) is 5.60 Å². The average molecular weight is 306 g/mol. The van der Waals surface area contributed by atoms with Crippen LogP contribution in [0.5, 0.6) is 11.5 Å². The lowest BCUT2D eigenvalue weighted by Gasteiger charge is -2.30. The van der Waals surface area contributed by atoms with Gasteiger partial charge in [0.05, 0.1) is 0 Å². The van der Waals surface area contributed by atoms with Crippen molar-refractivity contribution < 1.29 is 9.47 Å². The van der Waals surface area contributed by atoms with E-state index >= 15 is 0 Å². The van der Waals surface area contributed by atoms with Gasteiger partial charge in [-0.15, -0.1) is 0 Å². The van der Waals surface area contributed by atoms with Crippen molar-refractivity contribution >= 4 is 0 Å². The quantitative estimate of drug-likeness (QED) is 0.756. The Morgan fingerprint density at radius 3 is 2.00 bits per heavy atom. The van der Waals surface area contributed by atoms with Crippen molar-refractivity contribution in [2.45, 2.75) is 32.8 Å². The van der Waals surface area contributed by atoms with Gasteiger partial charge in [0.25, 0.3) is 0 Å². The number of ether oxygens (including phenoxy) is 2. The van der Waals surface area contributed by atoms with Gasteiger partial charge in [-0.05, 0) is 57.2 Å². The summed E-state index contributed by atoms with van der Waals surface area (Å²) in [5.41, 5.74) is 2.05. The second-order valence-electron chi connectivity index (χ2n) is 6.31. The van der Waals surface area contributed by atoms with Crippen molar-refractivity contribution in [2.24, 2.45) is 0 Å². The van der Waals surface area contributed by atoms with E-state index in [1.165, 1.54) is 11.1 Å². The highest BCUT2D eigenvalue weighted by Crippen LogP contribution is 2.30. The highest BCUT2D eigenvalue weighted by molar-refractivity contribution is 5.32. The third-order valence-electron chi connectivity index (χ3n) is 3.90. The van der Waals surface area contributed by atoms with Crippen molar-refractivity contribution in [1.82, 2.24) is 0 Å². The Bertz CT molecular complexity index is 723. The van der Waals surface area contributed by atoms with Crippen LogP contribution in [0, 0.1) is 13.8 Å². The molecule has 0 aromatic heterocycles. The van der Waals surface area contributed by atoms with Gasteiger partial charge in [-0.3, -0.25) is 0 Å². The molecule has 0 heterocycles. The summed E-state index contributed by atoms with van der Waals surface area (Å²) < 4.78 is 12.2. The maximum Gasteiger partial charge on any atom is 0.132 e. The van der Waals surface area contributed by atoms with Crippen molar-refractivity contribution in [3.63, 3.8) is 0 Å². The smallest absolute Gasteiger partial charge is 0.132 e. The Kier molecular flexibility index (Phi) is 4.24. The van der Waals surface area contributed by atoms with Crippen LogP contribution in [0.4, 0.5) is 0 Å². The molecule has 0 radical (unpaired) electrons. The van der Waals surface area contributed by atoms with Gasteiger partial charge in [-0.2, -0.15) is 0 Å². The minimum atomic E-state index is -0.399. The van der Waals surface area contributed by atoms with Crippen LogP contribution in [0.15, 0.2) is 72.5 Å². The van der Waals surface area contributed by atoms with Crippen LogP contribution in [-0.2, 0) is 0 Å². The first kappa shape index (κ1) is 15.4. The minimum absolute atomic E-state index is 0.399. The van der Waals surface area contributed by atoms with Gasteiger partial charge in [-0.1, -0.05) is 41.5 Å². The average Bonchev–Trinajstić information content (AvgIpc) is 2.52. The minimum Gasteiger partial charge on any atom is -0.483 e. The molecule has 0 N–H and O–H groups in total. The number of hydrogen-bond donors (Lipinski definition) is 0. The molecule has 0 amide bonds. The Hall–Kier alpha value is -2.48. The summed E-state index contributed by atoms with van der Waals surface area (Å²) in [5.74, 6) is 2.64. The van der Waals surface area contributed by atoms with Crippen LogP contribution < -0.4 is 9.47 Å². The molecule has 0 spiro atoms. The second-order valence-corrected chi connectivity index (χ2v) is 6.31. The number of hydrogen-bond acceptors (Lipinski definition) is 2. The van der Waals surface area contributed by atoms with Crippen molar-refractivity contribution in [2.75, 3.05) is 0 Å². The van der Waals surface area contributed by atoms with Gasteiger partial charge in [0.2, 0.25) is 0 Å². The largest absolute Gasteiger partial charge is 0.483 e. The van der Waals surface area contributed by atoms with Gasteiger partial charge >= 0.3 is 0 Å². The topological polar surface area (TPSA) is 18.5 Å². The molecular weight excluding hydrogens is 284 g/mol. The van der Waals surface area contributed by atoms with E-state index in [1.807, 2.05) is 36.4 Å². The summed E-state index contributed by atoms with van der Waals surface area (Å²) in [6.45, 7) is 6.22. The molecule has 2 aromatic rings. The molecule has 118 valence electrons. The van der Waals surface area contributed by atoms with E-state index in [1.54, 1.807) is 0 Å². The van der Waals surface area contributed by atoms with Gasteiger partial charge < -0.3 is 9.47 Å². The third kappa shape index (κ3) is 4.04. The molecule has 1 aliphatic carbocycles. The zero-order chi connectivity index (χ0) is 16.3. The van der Waals surface area contributed by atoms with Crippen LogP contribution in [0.25, 0.3) is 0 Å². The monoisotopic (exact) mass is 306 g/mol. The fraction of sp³-hybridized carbons (Fsp3) is 0.238. The molecule has 0 saturated carbocycles. The van der Waals surface area contributed by atoms with Gasteiger partial charge in [0, 0.05) is 6.42 Å². The second kappa shape index (κ2) is 6.33. The third-order valence-corrected chi connectivity index (χ3v) is 3.90. The first-order valence-electron chi connectivity index (χ1n) is 7.91. The lowest BCUT2D eigenvalue weighted by molar-refractivity contribution is 0.126. The number of aryl methyl sites for hydroxylation is 2. The number of rotatable bonds is 4.